The van der Waals surface area contributed by atoms with Gasteiger partial charge in [0.25, 0.3) is 5.91 Å². The minimum absolute atomic E-state index is 0.0122. The average molecular weight is 337 g/mol. The van der Waals surface area contributed by atoms with Gasteiger partial charge in [0.1, 0.15) is 5.76 Å². The molecule has 0 saturated carbocycles. The Hall–Kier alpha value is -2.12. The monoisotopic (exact) mass is 336 g/mol. The zero-order chi connectivity index (χ0) is 16.2. The number of anilines is 1. The van der Waals surface area contributed by atoms with Crippen LogP contribution in [-0.4, -0.2) is 46.6 Å². The van der Waals surface area contributed by atoms with Crippen molar-refractivity contribution in [2.45, 2.75) is 19.5 Å². The lowest BCUT2D eigenvalue weighted by Crippen LogP contribution is -2.47. The number of morpholine rings is 1. The summed E-state index contributed by atoms with van der Waals surface area (Å²) in [6.45, 7) is 3.91. The average Bonchev–Trinajstić information content (AvgIpc) is 3.07. The lowest BCUT2D eigenvalue weighted by molar-refractivity contribution is 0.00328. The molecule has 1 atom stereocenters. The van der Waals surface area contributed by atoms with Crippen LogP contribution in [0.1, 0.15) is 23.2 Å². The van der Waals surface area contributed by atoms with Crippen LogP contribution >= 0.6 is 11.6 Å². The molecule has 3 heterocycles. The fourth-order valence-electron chi connectivity index (χ4n) is 2.35. The van der Waals surface area contributed by atoms with E-state index in [1.54, 1.807) is 17.2 Å². The summed E-state index contributed by atoms with van der Waals surface area (Å²) in [6.07, 6.45) is 3.02. The van der Waals surface area contributed by atoms with Gasteiger partial charge in [-0.1, -0.05) is 11.6 Å². The SMILES string of the molecule is C[C@H]1COCCN1C(=O)c1nc(NCc2ccco2)ncc1Cl. The summed E-state index contributed by atoms with van der Waals surface area (Å²) in [5.41, 5.74) is 0.192. The number of hydrogen-bond acceptors (Lipinski definition) is 6. The summed E-state index contributed by atoms with van der Waals surface area (Å²) in [5, 5.41) is 3.25. The molecule has 1 amide bonds. The van der Waals surface area contributed by atoms with Crippen molar-refractivity contribution in [3.8, 4) is 0 Å². The highest BCUT2D eigenvalue weighted by Gasteiger charge is 2.27. The number of carbonyl (C=O) groups excluding carboxylic acids is 1. The van der Waals surface area contributed by atoms with E-state index in [1.165, 1.54) is 6.20 Å². The van der Waals surface area contributed by atoms with E-state index in [-0.39, 0.29) is 22.7 Å². The summed E-state index contributed by atoms with van der Waals surface area (Å²) in [7, 11) is 0. The quantitative estimate of drug-likeness (QED) is 0.922. The van der Waals surface area contributed by atoms with E-state index in [4.69, 9.17) is 20.8 Å². The van der Waals surface area contributed by atoms with Crippen LogP contribution < -0.4 is 5.32 Å². The van der Waals surface area contributed by atoms with Gasteiger partial charge in [-0.05, 0) is 19.1 Å². The van der Waals surface area contributed by atoms with Gasteiger partial charge in [-0.15, -0.1) is 0 Å². The Morgan fingerprint density at radius 2 is 2.43 bits per heavy atom. The third-order valence-corrected chi connectivity index (χ3v) is 3.85. The highest BCUT2D eigenvalue weighted by Crippen LogP contribution is 2.19. The zero-order valence-electron chi connectivity index (χ0n) is 12.7. The third-order valence-electron chi connectivity index (χ3n) is 3.58. The number of aromatic nitrogens is 2. The van der Waals surface area contributed by atoms with E-state index in [9.17, 15) is 4.79 Å². The van der Waals surface area contributed by atoms with Gasteiger partial charge in [0, 0.05) is 6.54 Å². The van der Waals surface area contributed by atoms with E-state index in [2.05, 4.69) is 15.3 Å². The number of furan rings is 1. The maximum absolute atomic E-state index is 12.7. The van der Waals surface area contributed by atoms with Crippen LogP contribution in [0.4, 0.5) is 5.95 Å². The molecule has 23 heavy (non-hydrogen) atoms. The van der Waals surface area contributed by atoms with Crippen molar-refractivity contribution in [1.82, 2.24) is 14.9 Å². The molecule has 2 aromatic heterocycles. The highest BCUT2D eigenvalue weighted by atomic mass is 35.5. The Morgan fingerprint density at radius 1 is 1.57 bits per heavy atom. The van der Waals surface area contributed by atoms with Crippen molar-refractivity contribution < 1.29 is 13.9 Å². The van der Waals surface area contributed by atoms with Crippen molar-refractivity contribution in [1.29, 1.82) is 0 Å². The second-order valence-corrected chi connectivity index (χ2v) is 5.65. The van der Waals surface area contributed by atoms with Gasteiger partial charge in [-0.2, -0.15) is 0 Å². The van der Waals surface area contributed by atoms with Crippen molar-refractivity contribution in [3.05, 3.63) is 41.1 Å². The Morgan fingerprint density at radius 3 is 3.17 bits per heavy atom. The van der Waals surface area contributed by atoms with E-state index < -0.39 is 0 Å². The molecule has 0 aliphatic carbocycles. The molecule has 7 nitrogen and oxygen atoms in total. The molecular formula is C15H17ClN4O3. The minimum Gasteiger partial charge on any atom is -0.467 e. The number of rotatable bonds is 4. The molecule has 122 valence electrons. The summed E-state index contributed by atoms with van der Waals surface area (Å²) >= 11 is 6.11. The lowest BCUT2D eigenvalue weighted by atomic mass is 10.2. The molecule has 1 N–H and O–H groups in total. The number of carbonyl (C=O) groups is 1. The molecule has 1 aliphatic heterocycles. The first-order valence-electron chi connectivity index (χ1n) is 7.32. The van der Waals surface area contributed by atoms with Gasteiger partial charge in [0.15, 0.2) is 5.69 Å². The molecule has 1 aliphatic rings. The van der Waals surface area contributed by atoms with E-state index in [1.807, 2.05) is 13.0 Å². The van der Waals surface area contributed by atoms with Crippen LogP contribution in [0.15, 0.2) is 29.0 Å². The normalized spacial score (nSPS) is 18.0. The largest absolute Gasteiger partial charge is 0.467 e. The van der Waals surface area contributed by atoms with E-state index in [0.717, 1.165) is 5.76 Å². The van der Waals surface area contributed by atoms with Crippen LogP contribution in [-0.2, 0) is 11.3 Å². The van der Waals surface area contributed by atoms with E-state index in [0.29, 0.717) is 32.3 Å². The summed E-state index contributed by atoms with van der Waals surface area (Å²) in [6, 6.07) is 3.63. The number of nitrogens with one attached hydrogen (secondary N) is 1. The predicted molar refractivity (Wildman–Crippen MR) is 84.4 cm³/mol. The van der Waals surface area contributed by atoms with Crippen LogP contribution in [0.3, 0.4) is 0 Å². The number of nitrogens with zero attached hydrogens (tertiary/aromatic N) is 3. The number of amides is 1. The maximum Gasteiger partial charge on any atom is 0.274 e. The summed E-state index contributed by atoms with van der Waals surface area (Å²) in [4.78, 5) is 22.7. The molecule has 3 rings (SSSR count). The molecule has 0 bridgehead atoms. The van der Waals surface area contributed by atoms with Gasteiger partial charge in [-0.3, -0.25) is 4.79 Å². The minimum atomic E-state index is -0.214. The summed E-state index contributed by atoms with van der Waals surface area (Å²) < 4.78 is 10.6. The lowest BCUT2D eigenvalue weighted by Gasteiger charge is -2.33. The van der Waals surface area contributed by atoms with Crippen molar-refractivity contribution in [3.63, 3.8) is 0 Å². The van der Waals surface area contributed by atoms with Gasteiger partial charge in [0.05, 0.1) is 43.3 Å². The second-order valence-electron chi connectivity index (χ2n) is 5.25. The Kier molecular flexibility index (Phi) is 4.78. The maximum atomic E-state index is 12.7. The number of ether oxygens (including phenoxy) is 1. The van der Waals surface area contributed by atoms with Crippen LogP contribution in [0.25, 0.3) is 0 Å². The zero-order valence-corrected chi connectivity index (χ0v) is 13.4. The van der Waals surface area contributed by atoms with E-state index >= 15 is 0 Å². The number of hydrogen-bond donors (Lipinski definition) is 1. The first-order chi connectivity index (χ1) is 11.1. The standard InChI is InChI=1S/C15H17ClN4O3/c1-10-9-22-6-4-20(10)14(21)13-12(16)8-18-15(19-13)17-7-11-3-2-5-23-11/h2-3,5,8,10H,4,6-7,9H2,1H3,(H,17,18,19)/t10-/m0/s1. The molecule has 1 fully saturated rings. The molecule has 0 radical (unpaired) electrons. The van der Waals surface area contributed by atoms with Crippen LogP contribution in [0.2, 0.25) is 5.02 Å². The summed E-state index contributed by atoms with van der Waals surface area (Å²) in [5.74, 6) is 0.863. The van der Waals surface area contributed by atoms with Crippen LogP contribution in [0.5, 0.6) is 0 Å². The number of halogens is 1. The first-order valence-corrected chi connectivity index (χ1v) is 7.70. The Balaban J connectivity index is 1.75. The van der Waals surface area contributed by atoms with Gasteiger partial charge < -0.3 is 19.4 Å². The second kappa shape index (κ2) is 6.97. The molecule has 0 unspecified atom stereocenters. The van der Waals surface area contributed by atoms with Gasteiger partial charge >= 0.3 is 0 Å². The molecule has 2 aromatic rings. The van der Waals surface area contributed by atoms with Crippen molar-refractivity contribution >= 4 is 23.5 Å². The molecule has 0 aromatic carbocycles. The Bertz CT molecular complexity index is 677. The van der Waals surface area contributed by atoms with Gasteiger partial charge in [-0.25, -0.2) is 9.97 Å². The van der Waals surface area contributed by atoms with Gasteiger partial charge in [0.2, 0.25) is 5.95 Å². The first kappa shape index (κ1) is 15.8. The van der Waals surface area contributed by atoms with Crippen molar-refractivity contribution in [2.75, 3.05) is 25.1 Å². The molecule has 0 spiro atoms. The van der Waals surface area contributed by atoms with Crippen molar-refractivity contribution in [2.24, 2.45) is 0 Å². The fraction of sp³-hybridized carbons (Fsp3) is 0.400. The highest BCUT2D eigenvalue weighted by molar-refractivity contribution is 6.33. The predicted octanol–water partition coefficient (Wildman–Crippen LogP) is 2.20. The smallest absolute Gasteiger partial charge is 0.274 e. The topological polar surface area (TPSA) is 80.5 Å². The molecule has 1 saturated heterocycles. The fourth-order valence-corrected chi connectivity index (χ4v) is 2.52. The molecule has 8 heteroatoms. The molecular weight excluding hydrogens is 320 g/mol. The third kappa shape index (κ3) is 3.62. The van der Waals surface area contributed by atoms with Crippen LogP contribution in [0, 0.1) is 0 Å². The Labute approximate surface area is 138 Å².